The van der Waals surface area contributed by atoms with Crippen LogP contribution >= 0.6 is 0 Å². The summed E-state index contributed by atoms with van der Waals surface area (Å²) < 4.78 is 11.1. The number of aliphatic hydroxyl groups is 1. The molecule has 0 aromatic heterocycles. The van der Waals surface area contributed by atoms with Crippen molar-refractivity contribution in [3.8, 4) is 11.5 Å². The minimum atomic E-state index is -0.112. The lowest BCUT2D eigenvalue weighted by Gasteiger charge is -2.26. The van der Waals surface area contributed by atoms with Gasteiger partial charge in [-0.1, -0.05) is 19.1 Å². The molecule has 0 radical (unpaired) electrons. The summed E-state index contributed by atoms with van der Waals surface area (Å²) in [5.74, 6) is 2.07. The van der Waals surface area contributed by atoms with Gasteiger partial charge in [-0.05, 0) is 61.9 Å². The van der Waals surface area contributed by atoms with Crippen molar-refractivity contribution in [2.75, 3.05) is 20.3 Å². The Morgan fingerprint density at radius 2 is 2.17 bits per heavy atom. The Morgan fingerprint density at radius 3 is 2.87 bits per heavy atom. The lowest BCUT2D eigenvalue weighted by Crippen LogP contribution is -2.28. The normalized spacial score (nSPS) is 21.0. The minimum absolute atomic E-state index is 0.112. The van der Waals surface area contributed by atoms with E-state index in [1.165, 1.54) is 12.0 Å². The Labute approximate surface area is 139 Å². The second-order valence-electron chi connectivity index (χ2n) is 6.55. The maximum Gasteiger partial charge on any atom is 0.161 e. The lowest BCUT2D eigenvalue weighted by atomic mass is 9.87. The van der Waals surface area contributed by atoms with E-state index in [4.69, 9.17) is 9.47 Å². The topological polar surface area (TPSA) is 50.7 Å². The summed E-state index contributed by atoms with van der Waals surface area (Å²) >= 11 is 0. The number of methoxy groups -OCH3 is 1. The quantitative estimate of drug-likeness (QED) is 0.722. The summed E-state index contributed by atoms with van der Waals surface area (Å²) in [5, 5.41) is 13.2. The standard InChI is InChI=1S/C19H29NO3/c1-14(2)13-23-19-10-16(7-8-18(19)22-3)12-20-11-15-5-4-6-17(21)9-15/h7-8,10,15,17,20-21H,1,4-6,9,11-13H2,2-3H3. The van der Waals surface area contributed by atoms with Crippen LogP contribution in [0.3, 0.4) is 0 Å². The summed E-state index contributed by atoms with van der Waals surface area (Å²) in [5.41, 5.74) is 2.14. The Kier molecular flexibility index (Phi) is 6.93. The van der Waals surface area contributed by atoms with Crippen LogP contribution in [0.2, 0.25) is 0 Å². The number of aliphatic hydroxyl groups excluding tert-OH is 1. The molecule has 23 heavy (non-hydrogen) atoms. The van der Waals surface area contributed by atoms with E-state index in [1.54, 1.807) is 7.11 Å². The first-order valence-corrected chi connectivity index (χ1v) is 8.41. The first kappa shape index (κ1) is 17.8. The summed E-state index contributed by atoms with van der Waals surface area (Å²) in [6.45, 7) is 8.03. The Morgan fingerprint density at radius 1 is 1.35 bits per heavy atom. The molecule has 2 unspecified atom stereocenters. The van der Waals surface area contributed by atoms with Gasteiger partial charge in [-0.3, -0.25) is 0 Å². The van der Waals surface area contributed by atoms with Gasteiger partial charge in [0, 0.05) is 6.54 Å². The van der Waals surface area contributed by atoms with Crippen molar-refractivity contribution in [1.82, 2.24) is 5.32 Å². The van der Waals surface area contributed by atoms with Crippen molar-refractivity contribution >= 4 is 0 Å². The molecule has 0 bridgehead atoms. The van der Waals surface area contributed by atoms with Crippen LogP contribution in [0.25, 0.3) is 0 Å². The highest BCUT2D eigenvalue weighted by Crippen LogP contribution is 2.28. The monoisotopic (exact) mass is 319 g/mol. The van der Waals surface area contributed by atoms with Gasteiger partial charge in [0.2, 0.25) is 0 Å². The number of benzene rings is 1. The number of rotatable bonds is 8. The zero-order chi connectivity index (χ0) is 16.7. The molecule has 1 aliphatic carbocycles. The van der Waals surface area contributed by atoms with Crippen molar-refractivity contribution in [1.29, 1.82) is 0 Å². The molecule has 4 heteroatoms. The van der Waals surface area contributed by atoms with Crippen LogP contribution in [-0.2, 0) is 6.54 Å². The van der Waals surface area contributed by atoms with Crippen LogP contribution in [0.1, 0.15) is 38.2 Å². The second kappa shape index (κ2) is 8.94. The van der Waals surface area contributed by atoms with Gasteiger partial charge < -0.3 is 19.9 Å². The third-order valence-corrected chi connectivity index (χ3v) is 4.22. The smallest absolute Gasteiger partial charge is 0.161 e. The van der Waals surface area contributed by atoms with E-state index in [9.17, 15) is 5.11 Å². The summed E-state index contributed by atoms with van der Waals surface area (Å²) in [7, 11) is 1.65. The Balaban J connectivity index is 1.86. The molecule has 1 aliphatic rings. The van der Waals surface area contributed by atoms with E-state index in [0.717, 1.165) is 49.4 Å². The molecule has 0 amide bonds. The van der Waals surface area contributed by atoms with E-state index in [-0.39, 0.29) is 6.10 Å². The predicted molar refractivity (Wildman–Crippen MR) is 93.0 cm³/mol. The number of hydrogen-bond acceptors (Lipinski definition) is 4. The summed E-state index contributed by atoms with van der Waals surface area (Å²) in [6.07, 6.45) is 4.11. The third kappa shape index (κ3) is 5.88. The van der Waals surface area contributed by atoms with Gasteiger partial charge in [0.1, 0.15) is 6.61 Å². The molecule has 1 fully saturated rings. The number of ether oxygens (including phenoxy) is 2. The summed E-state index contributed by atoms with van der Waals surface area (Å²) in [6, 6.07) is 6.01. The average molecular weight is 319 g/mol. The van der Waals surface area contributed by atoms with Gasteiger partial charge >= 0.3 is 0 Å². The Bertz CT molecular complexity index is 515. The van der Waals surface area contributed by atoms with Crippen LogP contribution in [-0.4, -0.2) is 31.5 Å². The van der Waals surface area contributed by atoms with Gasteiger partial charge in [-0.15, -0.1) is 0 Å². The number of nitrogens with one attached hydrogen (secondary N) is 1. The molecular formula is C19H29NO3. The van der Waals surface area contributed by atoms with Crippen LogP contribution in [0.15, 0.2) is 30.4 Å². The van der Waals surface area contributed by atoms with E-state index in [0.29, 0.717) is 12.5 Å². The highest BCUT2D eigenvalue weighted by molar-refractivity contribution is 5.43. The maximum atomic E-state index is 9.73. The van der Waals surface area contributed by atoms with E-state index < -0.39 is 0 Å². The zero-order valence-corrected chi connectivity index (χ0v) is 14.3. The highest BCUT2D eigenvalue weighted by Gasteiger charge is 2.19. The first-order chi connectivity index (χ1) is 11.1. The van der Waals surface area contributed by atoms with Crippen LogP contribution < -0.4 is 14.8 Å². The molecule has 4 nitrogen and oxygen atoms in total. The predicted octanol–water partition coefficient (Wildman–Crippen LogP) is 3.29. The molecule has 1 aromatic rings. The molecular weight excluding hydrogens is 290 g/mol. The maximum absolute atomic E-state index is 9.73. The molecule has 1 aromatic carbocycles. The molecule has 128 valence electrons. The van der Waals surface area contributed by atoms with Crippen LogP contribution in [0.4, 0.5) is 0 Å². The van der Waals surface area contributed by atoms with Gasteiger partial charge in [0.15, 0.2) is 11.5 Å². The molecule has 2 atom stereocenters. The van der Waals surface area contributed by atoms with Crippen molar-refractivity contribution in [2.24, 2.45) is 5.92 Å². The van der Waals surface area contributed by atoms with Gasteiger partial charge in [-0.25, -0.2) is 0 Å². The summed E-state index contributed by atoms with van der Waals surface area (Å²) in [4.78, 5) is 0. The molecule has 0 saturated heterocycles. The molecule has 0 spiro atoms. The van der Waals surface area contributed by atoms with Gasteiger partial charge in [-0.2, -0.15) is 0 Å². The zero-order valence-electron chi connectivity index (χ0n) is 14.3. The average Bonchev–Trinajstić information content (AvgIpc) is 2.53. The van der Waals surface area contributed by atoms with E-state index >= 15 is 0 Å². The van der Waals surface area contributed by atoms with Crippen molar-refractivity contribution in [3.05, 3.63) is 35.9 Å². The molecule has 2 rings (SSSR count). The van der Waals surface area contributed by atoms with E-state index in [2.05, 4.69) is 18.0 Å². The van der Waals surface area contributed by atoms with Gasteiger partial charge in [0.25, 0.3) is 0 Å². The molecule has 2 N–H and O–H groups in total. The third-order valence-electron chi connectivity index (χ3n) is 4.22. The lowest BCUT2D eigenvalue weighted by molar-refractivity contribution is 0.101. The van der Waals surface area contributed by atoms with Crippen molar-refractivity contribution < 1.29 is 14.6 Å². The second-order valence-corrected chi connectivity index (χ2v) is 6.55. The van der Waals surface area contributed by atoms with Crippen molar-refractivity contribution in [2.45, 2.75) is 45.3 Å². The Hall–Kier alpha value is -1.52. The fourth-order valence-electron chi connectivity index (χ4n) is 3.01. The van der Waals surface area contributed by atoms with Crippen LogP contribution in [0, 0.1) is 5.92 Å². The molecule has 0 aliphatic heterocycles. The van der Waals surface area contributed by atoms with Gasteiger partial charge in [0.05, 0.1) is 13.2 Å². The largest absolute Gasteiger partial charge is 0.493 e. The molecule has 1 saturated carbocycles. The minimum Gasteiger partial charge on any atom is -0.493 e. The SMILES string of the molecule is C=C(C)COc1cc(CNCC2CCCC(O)C2)ccc1OC. The number of hydrogen-bond donors (Lipinski definition) is 2. The fourth-order valence-corrected chi connectivity index (χ4v) is 3.01. The molecule has 0 heterocycles. The van der Waals surface area contributed by atoms with Crippen LogP contribution in [0.5, 0.6) is 11.5 Å². The van der Waals surface area contributed by atoms with E-state index in [1.807, 2.05) is 19.1 Å². The highest BCUT2D eigenvalue weighted by atomic mass is 16.5. The van der Waals surface area contributed by atoms with Crippen molar-refractivity contribution in [3.63, 3.8) is 0 Å². The first-order valence-electron chi connectivity index (χ1n) is 8.41. The fraction of sp³-hybridized carbons (Fsp3) is 0.579.